The SMILES string of the molecule is CNCC1CCCCN1S(=O)(=O)N(C)Cc1cccnc1. The van der Waals surface area contributed by atoms with E-state index in [1.54, 1.807) is 23.7 Å². The summed E-state index contributed by atoms with van der Waals surface area (Å²) in [6.45, 7) is 1.64. The van der Waals surface area contributed by atoms with Crippen molar-refractivity contribution in [1.29, 1.82) is 0 Å². The van der Waals surface area contributed by atoms with Crippen LogP contribution in [0.25, 0.3) is 0 Å². The third kappa shape index (κ3) is 4.00. The van der Waals surface area contributed by atoms with Gasteiger partial charge in [0.15, 0.2) is 0 Å². The zero-order valence-corrected chi connectivity index (χ0v) is 13.5. The lowest BCUT2D eigenvalue weighted by atomic mass is 10.1. The van der Waals surface area contributed by atoms with Crippen molar-refractivity contribution in [3.8, 4) is 0 Å². The summed E-state index contributed by atoms with van der Waals surface area (Å²) in [5, 5.41) is 3.09. The normalized spacial score (nSPS) is 20.8. The minimum Gasteiger partial charge on any atom is -0.318 e. The average Bonchev–Trinajstić information content (AvgIpc) is 2.49. The highest BCUT2D eigenvalue weighted by Crippen LogP contribution is 2.22. The van der Waals surface area contributed by atoms with E-state index in [4.69, 9.17) is 0 Å². The molecule has 2 heterocycles. The van der Waals surface area contributed by atoms with Gasteiger partial charge in [0, 0.05) is 45.1 Å². The van der Waals surface area contributed by atoms with Gasteiger partial charge in [-0.25, -0.2) is 0 Å². The number of rotatable bonds is 6. The van der Waals surface area contributed by atoms with Crippen LogP contribution in [-0.2, 0) is 16.8 Å². The highest BCUT2D eigenvalue weighted by molar-refractivity contribution is 7.86. The summed E-state index contributed by atoms with van der Waals surface area (Å²) < 4.78 is 28.6. The maximum Gasteiger partial charge on any atom is 0.282 e. The van der Waals surface area contributed by atoms with Gasteiger partial charge in [0.05, 0.1) is 0 Å². The predicted octanol–water partition coefficient (Wildman–Crippen LogP) is 0.832. The van der Waals surface area contributed by atoms with Gasteiger partial charge in [-0.3, -0.25) is 4.98 Å². The number of nitrogens with one attached hydrogen (secondary N) is 1. The lowest BCUT2D eigenvalue weighted by Crippen LogP contribution is -2.52. The molecule has 1 aromatic heterocycles. The number of aromatic nitrogens is 1. The van der Waals surface area contributed by atoms with Crippen molar-refractivity contribution >= 4 is 10.2 Å². The molecule has 1 saturated heterocycles. The third-order valence-electron chi connectivity index (χ3n) is 3.83. The van der Waals surface area contributed by atoms with Crippen LogP contribution < -0.4 is 5.32 Å². The second-order valence-electron chi connectivity index (χ2n) is 5.44. The van der Waals surface area contributed by atoms with E-state index in [1.165, 1.54) is 4.31 Å². The number of hydrogen-bond acceptors (Lipinski definition) is 4. The van der Waals surface area contributed by atoms with E-state index in [0.717, 1.165) is 24.8 Å². The zero-order valence-electron chi connectivity index (χ0n) is 12.7. The maximum atomic E-state index is 12.8. The fraction of sp³-hybridized carbons (Fsp3) is 0.643. The molecule has 0 radical (unpaired) electrons. The Labute approximate surface area is 127 Å². The van der Waals surface area contributed by atoms with Crippen LogP contribution in [0.2, 0.25) is 0 Å². The van der Waals surface area contributed by atoms with Crippen molar-refractivity contribution < 1.29 is 8.42 Å². The Morgan fingerprint density at radius 1 is 1.48 bits per heavy atom. The summed E-state index contributed by atoms with van der Waals surface area (Å²) in [4.78, 5) is 4.03. The van der Waals surface area contributed by atoms with Gasteiger partial charge in [-0.15, -0.1) is 0 Å². The van der Waals surface area contributed by atoms with Crippen LogP contribution in [0.4, 0.5) is 0 Å². The lowest BCUT2D eigenvalue weighted by molar-refractivity contribution is 0.232. The van der Waals surface area contributed by atoms with E-state index >= 15 is 0 Å². The van der Waals surface area contributed by atoms with Crippen molar-refractivity contribution in [1.82, 2.24) is 18.9 Å². The number of pyridine rings is 1. The summed E-state index contributed by atoms with van der Waals surface area (Å²) in [5.74, 6) is 0. The molecule has 1 atom stereocenters. The van der Waals surface area contributed by atoms with Crippen molar-refractivity contribution in [3.63, 3.8) is 0 Å². The second kappa shape index (κ2) is 7.31. The van der Waals surface area contributed by atoms with E-state index in [-0.39, 0.29) is 6.04 Å². The molecule has 118 valence electrons. The van der Waals surface area contributed by atoms with Gasteiger partial charge in [-0.1, -0.05) is 12.5 Å². The van der Waals surface area contributed by atoms with E-state index in [9.17, 15) is 8.42 Å². The Morgan fingerprint density at radius 2 is 2.29 bits per heavy atom. The molecule has 0 bridgehead atoms. The first-order valence-electron chi connectivity index (χ1n) is 7.32. The van der Waals surface area contributed by atoms with Gasteiger partial charge in [-0.2, -0.15) is 17.0 Å². The van der Waals surface area contributed by atoms with Gasteiger partial charge in [0.1, 0.15) is 0 Å². The van der Waals surface area contributed by atoms with Gasteiger partial charge < -0.3 is 5.32 Å². The molecule has 1 fully saturated rings. The Morgan fingerprint density at radius 3 is 2.95 bits per heavy atom. The first-order valence-corrected chi connectivity index (χ1v) is 8.72. The van der Waals surface area contributed by atoms with Crippen molar-refractivity contribution in [2.75, 3.05) is 27.2 Å². The van der Waals surface area contributed by atoms with Crippen LogP contribution in [0.3, 0.4) is 0 Å². The summed E-state index contributed by atoms with van der Waals surface area (Å²) in [5.41, 5.74) is 0.894. The minimum absolute atomic E-state index is 0.0464. The lowest BCUT2D eigenvalue weighted by Gasteiger charge is -2.37. The molecule has 6 nitrogen and oxygen atoms in total. The molecule has 0 saturated carbocycles. The van der Waals surface area contributed by atoms with Crippen LogP contribution >= 0.6 is 0 Å². The highest BCUT2D eigenvalue weighted by Gasteiger charge is 2.34. The second-order valence-corrected chi connectivity index (χ2v) is 7.43. The Bertz CT molecular complexity index is 533. The van der Waals surface area contributed by atoms with Crippen molar-refractivity contribution in [2.24, 2.45) is 0 Å². The number of likely N-dealkylation sites (N-methyl/N-ethyl adjacent to an activating group) is 1. The van der Waals surface area contributed by atoms with E-state index in [0.29, 0.717) is 19.6 Å². The zero-order chi connectivity index (χ0) is 15.3. The quantitative estimate of drug-likeness (QED) is 0.845. The van der Waals surface area contributed by atoms with Crippen molar-refractivity contribution in [3.05, 3.63) is 30.1 Å². The van der Waals surface area contributed by atoms with Crippen LogP contribution in [-0.4, -0.2) is 55.2 Å². The van der Waals surface area contributed by atoms with Crippen LogP contribution in [0, 0.1) is 0 Å². The topological polar surface area (TPSA) is 65.5 Å². The first-order chi connectivity index (χ1) is 10.1. The minimum atomic E-state index is -3.43. The van der Waals surface area contributed by atoms with Gasteiger partial charge in [0.2, 0.25) is 0 Å². The molecular formula is C14H24N4O2S. The van der Waals surface area contributed by atoms with E-state index in [2.05, 4.69) is 10.3 Å². The van der Waals surface area contributed by atoms with E-state index in [1.807, 2.05) is 19.2 Å². The first kappa shape index (κ1) is 16.4. The van der Waals surface area contributed by atoms with Gasteiger partial charge >= 0.3 is 0 Å². The summed E-state index contributed by atoms with van der Waals surface area (Å²) in [7, 11) is 0.0595. The molecule has 1 aliphatic heterocycles. The third-order valence-corrected chi connectivity index (χ3v) is 5.82. The van der Waals surface area contributed by atoms with Crippen LogP contribution in [0.5, 0.6) is 0 Å². The molecule has 2 rings (SSSR count). The molecule has 21 heavy (non-hydrogen) atoms. The summed E-state index contributed by atoms with van der Waals surface area (Å²) in [6.07, 6.45) is 6.32. The molecule has 0 amide bonds. The molecule has 1 aromatic rings. The number of hydrogen-bond donors (Lipinski definition) is 1. The van der Waals surface area contributed by atoms with Crippen LogP contribution in [0.1, 0.15) is 24.8 Å². The fourth-order valence-corrected chi connectivity index (χ4v) is 4.31. The number of piperidine rings is 1. The average molecular weight is 312 g/mol. The number of nitrogens with zero attached hydrogens (tertiary/aromatic N) is 3. The Kier molecular flexibility index (Phi) is 5.69. The maximum absolute atomic E-state index is 12.8. The molecule has 0 aromatic carbocycles. The monoisotopic (exact) mass is 312 g/mol. The molecule has 0 aliphatic carbocycles. The largest absolute Gasteiger partial charge is 0.318 e. The Balaban J connectivity index is 2.11. The molecule has 7 heteroatoms. The smallest absolute Gasteiger partial charge is 0.282 e. The molecule has 0 spiro atoms. The van der Waals surface area contributed by atoms with Crippen LogP contribution in [0.15, 0.2) is 24.5 Å². The molecule has 1 aliphatic rings. The van der Waals surface area contributed by atoms with Gasteiger partial charge in [-0.05, 0) is 31.5 Å². The summed E-state index contributed by atoms with van der Waals surface area (Å²) in [6, 6.07) is 3.76. The molecule has 1 unspecified atom stereocenters. The van der Waals surface area contributed by atoms with Crippen molar-refractivity contribution in [2.45, 2.75) is 31.8 Å². The highest BCUT2D eigenvalue weighted by atomic mass is 32.2. The molecule has 1 N–H and O–H groups in total. The standard InChI is InChI=1S/C14H24N4O2S/c1-15-11-14-7-3-4-9-18(14)21(19,20)17(2)12-13-6-5-8-16-10-13/h5-6,8,10,14-15H,3-4,7,9,11-12H2,1-2H3. The van der Waals surface area contributed by atoms with E-state index < -0.39 is 10.2 Å². The summed E-state index contributed by atoms with van der Waals surface area (Å²) >= 11 is 0. The predicted molar refractivity (Wildman–Crippen MR) is 82.9 cm³/mol. The van der Waals surface area contributed by atoms with Gasteiger partial charge in [0.25, 0.3) is 10.2 Å². The Hall–Kier alpha value is -1.02. The molecular weight excluding hydrogens is 288 g/mol. The fourth-order valence-electron chi connectivity index (χ4n) is 2.73.